The molecule has 0 aromatic heterocycles. The third-order valence-corrected chi connectivity index (χ3v) is 1.75. The topological polar surface area (TPSA) is 43.4 Å². The maximum Gasteiger partial charge on any atom is 0.316 e. The van der Waals surface area contributed by atoms with Gasteiger partial charge in [0.25, 0.3) is 0 Å². The lowest BCUT2D eigenvalue weighted by molar-refractivity contribution is -0.146. The van der Waals surface area contributed by atoms with E-state index in [-0.39, 0.29) is 0 Å². The van der Waals surface area contributed by atoms with Gasteiger partial charge in [0.05, 0.1) is 6.61 Å². The number of ether oxygens (including phenoxy) is 1. The lowest BCUT2D eigenvalue weighted by atomic mass is 10.1. The van der Waals surface area contributed by atoms with Crippen molar-refractivity contribution in [3.05, 3.63) is 0 Å². The van der Waals surface area contributed by atoms with Crippen LogP contribution in [0.5, 0.6) is 0 Å². The van der Waals surface area contributed by atoms with E-state index in [9.17, 15) is 9.59 Å². The Morgan fingerprint density at radius 1 is 1.38 bits per heavy atom. The molecule has 3 heteroatoms. The van der Waals surface area contributed by atoms with Gasteiger partial charge in [0.15, 0.2) is 0 Å². The molecule has 0 saturated carbocycles. The lowest BCUT2D eigenvalue weighted by Crippen LogP contribution is -2.19. The summed E-state index contributed by atoms with van der Waals surface area (Å²) in [5.74, 6) is -1.10. The van der Waals surface area contributed by atoms with Crippen LogP contribution in [0.4, 0.5) is 0 Å². The predicted octanol–water partition coefficient (Wildman–Crippen LogP) is 1.86. The fourth-order valence-electron chi connectivity index (χ4n) is 0.931. The first-order chi connectivity index (χ1) is 6.26. The zero-order valence-corrected chi connectivity index (χ0v) is 8.34. The Morgan fingerprint density at radius 2 is 2.08 bits per heavy atom. The molecule has 0 aromatic carbocycles. The standard InChI is InChI=1S/C10H17O3/c1-3-5-7-13-10(12)9(8-11)6-4-2/h9H,3-7H2,1-2H3. The molecule has 0 fully saturated rings. The van der Waals surface area contributed by atoms with Crippen molar-refractivity contribution in [1.29, 1.82) is 0 Å². The van der Waals surface area contributed by atoms with Crippen molar-refractivity contribution in [3.8, 4) is 0 Å². The average molecular weight is 185 g/mol. The zero-order chi connectivity index (χ0) is 10.1. The molecule has 0 spiro atoms. The molecule has 13 heavy (non-hydrogen) atoms. The second-order valence-electron chi connectivity index (χ2n) is 2.98. The summed E-state index contributed by atoms with van der Waals surface area (Å²) in [4.78, 5) is 21.5. The van der Waals surface area contributed by atoms with E-state index in [2.05, 4.69) is 0 Å². The highest BCUT2D eigenvalue weighted by Gasteiger charge is 2.18. The molecule has 1 radical (unpaired) electrons. The number of carbonyl (C=O) groups is 1. The summed E-state index contributed by atoms with van der Waals surface area (Å²) in [6, 6.07) is 0. The van der Waals surface area contributed by atoms with Gasteiger partial charge in [-0.2, -0.15) is 0 Å². The van der Waals surface area contributed by atoms with Crippen LogP contribution in [-0.2, 0) is 14.3 Å². The first-order valence-electron chi connectivity index (χ1n) is 4.80. The quantitative estimate of drug-likeness (QED) is 0.345. The number of hydrogen-bond donors (Lipinski definition) is 0. The van der Waals surface area contributed by atoms with Gasteiger partial charge in [-0.3, -0.25) is 9.59 Å². The Hall–Kier alpha value is -0.860. The molecule has 1 atom stereocenters. The van der Waals surface area contributed by atoms with Crippen molar-refractivity contribution in [2.24, 2.45) is 5.92 Å². The monoisotopic (exact) mass is 185 g/mol. The maximum absolute atomic E-state index is 11.2. The van der Waals surface area contributed by atoms with E-state index in [0.29, 0.717) is 13.0 Å². The second kappa shape index (κ2) is 7.77. The first-order valence-corrected chi connectivity index (χ1v) is 4.80. The van der Waals surface area contributed by atoms with Gasteiger partial charge in [-0.25, -0.2) is 0 Å². The van der Waals surface area contributed by atoms with E-state index in [1.165, 1.54) is 0 Å². The van der Waals surface area contributed by atoms with Gasteiger partial charge in [-0.05, 0) is 12.8 Å². The Morgan fingerprint density at radius 3 is 2.54 bits per heavy atom. The summed E-state index contributed by atoms with van der Waals surface area (Å²) in [6.07, 6.45) is 4.87. The number of unbranched alkanes of at least 4 members (excludes halogenated alkanes) is 1. The first kappa shape index (κ1) is 12.1. The summed E-state index contributed by atoms with van der Waals surface area (Å²) >= 11 is 0. The van der Waals surface area contributed by atoms with E-state index in [1.807, 2.05) is 13.8 Å². The van der Waals surface area contributed by atoms with Gasteiger partial charge in [-0.1, -0.05) is 26.7 Å². The van der Waals surface area contributed by atoms with E-state index < -0.39 is 11.9 Å². The Kier molecular flexibility index (Phi) is 7.26. The van der Waals surface area contributed by atoms with E-state index in [1.54, 1.807) is 6.29 Å². The fourth-order valence-corrected chi connectivity index (χ4v) is 0.931. The van der Waals surface area contributed by atoms with Crippen LogP contribution in [0.1, 0.15) is 39.5 Å². The highest BCUT2D eigenvalue weighted by atomic mass is 16.5. The highest BCUT2D eigenvalue weighted by Crippen LogP contribution is 2.05. The number of esters is 1. The molecule has 1 unspecified atom stereocenters. The van der Waals surface area contributed by atoms with Crippen LogP contribution < -0.4 is 0 Å². The molecule has 0 aromatic rings. The van der Waals surface area contributed by atoms with Crippen LogP contribution in [0.25, 0.3) is 0 Å². The summed E-state index contributed by atoms with van der Waals surface area (Å²) in [7, 11) is 0. The molecule has 0 aliphatic rings. The molecule has 75 valence electrons. The molecule has 0 bridgehead atoms. The minimum absolute atomic E-state index is 0.414. The normalized spacial score (nSPS) is 12.2. The van der Waals surface area contributed by atoms with Gasteiger partial charge in [0, 0.05) is 0 Å². The van der Waals surface area contributed by atoms with Gasteiger partial charge in [0.1, 0.15) is 5.92 Å². The minimum Gasteiger partial charge on any atom is -0.465 e. The van der Waals surface area contributed by atoms with E-state index in [0.717, 1.165) is 19.3 Å². The van der Waals surface area contributed by atoms with Crippen molar-refractivity contribution in [2.45, 2.75) is 39.5 Å². The SMILES string of the molecule is CCCCOC(=O)C([C]=O)CCC. The van der Waals surface area contributed by atoms with Crippen molar-refractivity contribution in [3.63, 3.8) is 0 Å². The Labute approximate surface area is 79.5 Å². The van der Waals surface area contributed by atoms with Gasteiger partial charge in [-0.15, -0.1) is 0 Å². The van der Waals surface area contributed by atoms with Crippen molar-refractivity contribution in [1.82, 2.24) is 0 Å². The smallest absolute Gasteiger partial charge is 0.316 e. The van der Waals surface area contributed by atoms with Crippen LogP contribution in [0.15, 0.2) is 0 Å². The molecule has 0 heterocycles. The molecule has 0 rings (SSSR count). The molecule has 0 aliphatic heterocycles. The van der Waals surface area contributed by atoms with E-state index in [4.69, 9.17) is 4.74 Å². The molecule has 0 aliphatic carbocycles. The molecule has 0 saturated heterocycles. The number of hydrogen-bond acceptors (Lipinski definition) is 3. The third-order valence-electron chi connectivity index (χ3n) is 1.75. The van der Waals surface area contributed by atoms with Gasteiger partial charge in [0.2, 0.25) is 6.29 Å². The van der Waals surface area contributed by atoms with Crippen LogP contribution >= 0.6 is 0 Å². The van der Waals surface area contributed by atoms with Crippen LogP contribution in [0.2, 0.25) is 0 Å². The van der Waals surface area contributed by atoms with Crippen LogP contribution in [0.3, 0.4) is 0 Å². The largest absolute Gasteiger partial charge is 0.465 e. The zero-order valence-electron chi connectivity index (χ0n) is 8.34. The molecule has 0 N–H and O–H groups in total. The van der Waals surface area contributed by atoms with Gasteiger partial charge < -0.3 is 4.74 Å². The summed E-state index contributed by atoms with van der Waals surface area (Å²) in [6.45, 7) is 4.35. The third kappa shape index (κ3) is 5.39. The highest BCUT2D eigenvalue weighted by molar-refractivity contribution is 5.87. The van der Waals surface area contributed by atoms with Crippen LogP contribution in [0, 0.1) is 5.92 Å². The fraction of sp³-hybridized carbons (Fsp3) is 0.800. The average Bonchev–Trinajstić information content (AvgIpc) is 2.14. The Balaban J connectivity index is 3.70. The maximum atomic E-state index is 11.2. The second-order valence-corrected chi connectivity index (χ2v) is 2.98. The van der Waals surface area contributed by atoms with Crippen molar-refractivity contribution >= 4 is 12.3 Å². The summed E-state index contributed by atoms with van der Waals surface area (Å²) < 4.78 is 4.89. The van der Waals surface area contributed by atoms with E-state index >= 15 is 0 Å². The number of carbonyl (C=O) groups excluding carboxylic acids is 2. The Bertz CT molecular complexity index is 154. The molecular weight excluding hydrogens is 168 g/mol. The number of rotatable bonds is 7. The lowest BCUT2D eigenvalue weighted by Gasteiger charge is -2.07. The summed E-state index contributed by atoms with van der Waals surface area (Å²) in [5.41, 5.74) is 0. The molecule has 3 nitrogen and oxygen atoms in total. The van der Waals surface area contributed by atoms with Crippen molar-refractivity contribution < 1.29 is 14.3 Å². The predicted molar refractivity (Wildman–Crippen MR) is 50.0 cm³/mol. The molecule has 0 amide bonds. The molecular formula is C10H17O3. The van der Waals surface area contributed by atoms with Crippen molar-refractivity contribution in [2.75, 3.05) is 6.61 Å². The van der Waals surface area contributed by atoms with Gasteiger partial charge >= 0.3 is 5.97 Å². The minimum atomic E-state index is -0.679. The van der Waals surface area contributed by atoms with Crippen LogP contribution in [-0.4, -0.2) is 18.9 Å². The summed E-state index contributed by atoms with van der Waals surface area (Å²) in [5, 5.41) is 0.